The molecule has 0 bridgehead atoms. The van der Waals surface area contributed by atoms with E-state index in [-0.39, 0.29) is 6.10 Å². The van der Waals surface area contributed by atoms with Crippen LogP contribution in [-0.2, 0) is 4.74 Å². The Bertz CT molecular complexity index is 291. The van der Waals surface area contributed by atoms with Gasteiger partial charge in [-0.3, -0.25) is 0 Å². The van der Waals surface area contributed by atoms with E-state index in [0.29, 0.717) is 13.0 Å². The number of hydrogen-bond acceptors (Lipinski definition) is 4. The Balaban J connectivity index is 2.28. The van der Waals surface area contributed by atoms with E-state index >= 15 is 0 Å². The fraction of sp³-hybridized carbons (Fsp3) is 0.909. The van der Waals surface area contributed by atoms with Crippen LogP contribution in [0.5, 0.6) is 0 Å². The van der Waals surface area contributed by atoms with Crippen LogP contribution in [0.3, 0.4) is 0 Å². The van der Waals surface area contributed by atoms with Crippen LogP contribution in [0.2, 0.25) is 0 Å². The van der Waals surface area contributed by atoms with Gasteiger partial charge < -0.3 is 21.0 Å². The van der Waals surface area contributed by atoms with Crippen molar-refractivity contribution in [2.24, 2.45) is 16.8 Å². The second-order valence-electron chi connectivity index (χ2n) is 4.60. The summed E-state index contributed by atoms with van der Waals surface area (Å²) in [5.41, 5.74) is 5.04. The number of hydrogen-bond donors (Lipinski definition) is 3. The first kappa shape index (κ1) is 16.0. The van der Waals surface area contributed by atoms with Gasteiger partial charge in [0.1, 0.15) is 5.92 Å². The minimum absolute atomic E-state index is 0.120. The van der Waals surface area contributed by atoms with Crippen molar-refractivity contribution >= 4 is 5.84 Å². The highest BCUT2D eigenvalue weighted by atomic mass is 19.4. The first-order valence-electron chi connectivity index (χ1n) is 6.31. The van der Waals surface area contributed by atoms with Gasteiger partial charge in [-0.2, -0.15) is 13.2 Å². The minimum atomic E-state index is -4.52. The molecule has 0 saturated carbocycles. The molecule has 0 amide bonds. The smallest absolute Gasteiger partial charge is 0.400 e. The van der Waals surface area contributed by atoms with E-state index in [9.17, 15) is 13.2 Å². The van der Waals surface area contributed by atoms with Gasteiger partial charge in [-0.1, -0.05) is 5.16 Å². The van der Waals surface area contributed by atoms with Gasteiger partial charge in [-0.05, 0) is 32.2 Å². The lowest BCUT2D eigenvalue weighted by Gasteiger charge is -2.23. The molecule has 5 nitrogen and oxygen atoms in total. The van der Waals surface area contributed by atoms with Gasteiger partial charge in [0.15, 0.2) is 5.84 Å². The molecular weight excluding hydrogens is 263 g/mol. The molecule has 4 N–H and O–H groups in total. The van der Waals surface area contributed by atoms with E-state index in [1.807, 2.05) is 0 Å². The zero-order valence-corrected chi connectivity index (χ0v) is 10.6. The summed E-state index contributed by atoms with van der Waals surface area (Å²) >= 11 is 0. The second kappa shape index (κ2) is 7.54. The number of nitrogens with two attached hydrogens (primary N) is 1. The molecular formula is C11H20F3N3O2. The number of oxime groups is 1. The van der Waals surface area contributed by atoms with Crippen LogP contribution in [0.4, 0.5) is 13.2 Å². The van der Waals surface area contributed by atoms with Gasteiger partial charge in [0, 0.05) is 13.2 Å². The molecule has 0 aliphatic carbocycles. The first-order valence-corrected chi connectivity index (χ1v) is 6.31. The largest absolute Gasteiger partial charge is 0.409 e. The average molecular weight is 283 g/mol. The molecule has 0 aromatic carbocycles. The van der Waals surface area contributed by atoms with Crippen LogP contribution in [-0.4, -0.2) is 43.0 Å². The Labute approximate surface area is 110 Å². The van der Waals surface area contributed by atoms with Gasteiger partial charge in [0.2, 0.25) is 0 Å². The third-order valence-corrected chi connectivity index (χ3v) is 3.13. The SMILES string of the molecule is NC(=NO)C(CNCCC1CCCCO1)C(F)(F)F. The summed E-state index contributed by atoms with van der Waals surface area (Å²) in [5, 5.41) is 13.5. The molecule has 0 radical (unpaired) electrons. The van der Waals surface area contributed by atoms with Crippen LogP contribution < -0.4 is 11.1 Å². The van der Waals surface area contributed by atoms with Crippen molar-refractivity contribution in [3.63, 3.8) is 0 Å². The molecule has 1 heterocycles. The van der Waals surface area contributed by atoms with Crippen LogP contribution in [0, 0.1) is 5.92 Å². The number of halogens is 3. The Kier molecular flexibility index (Phi) is 6.36. The quantitative estimate of drug-likeness (QED) is 0.227. The third kappa shape index (κ3) is 5.65. The Morgan fingerprint density at radius 1 is 1.47 bits per heavy atom. The molecule has 0 aromatic rings. The fourth-order valence-corrected chi connectivity index (χ4v) is 2.00. The molecule has 1 aliphatic rings. The molecule has 112 valence electrons. The maximum atomic E-state index is 12.6. The van der Waals surface area contributed by atoms with E-state index in [4.69, 9.17) is 15.7 Å². The number of amidine groups is 1. The number of nitrogens with one attached hydrogen (secondary N) is 1. The van der Waals surface area contributed by atoms with E-state index in [1.165, 1.54) is 0 Å². The van der Waals surface area contributed by atoms with Crippen molar-refractivity contribution in [1.29, 1.82) is 0 Å². The van der Waals surface area contributed by atoms with Crippen LogP contribution in [0.15, 0.2) is 5.16 Å². The van der Waals surface area contributed by atoms with Crippen molar-refractivity contribution in [2.45, 2.75) is 38.0 Å². The lowest BCUT2D eigenvalue weighted by atomic mass is 10.1. The van der Waals surface area contributed by atoms with Crippen LogP contribution in [0.1, 0.15) is 25.7 Å². The average Bonchev–Trinajstić information content (AvgIpc) is 2.37. The lowest BCUT2D eigenvalue weighted by molar-refractivity contribution is -0.154. The molecule has 19 heavy (non-hydrogen) atoms. The molecule has 8 heteroatoms. The summed E-state index contributed by atoms with van der Waals surface area (Å²) in [4.78, 5) is 0. The molecule has 2 atom stereocenters. The van der Waals surface area contributed by atoms with Crippen molar-refractivity contribution in [1.82, 2.24) is 5.32 Å². The molecule has 0 spiro atoms. The summed E-state index contributed by atoms with van der Waals surface area (Å²) in [5.74, 6) is -2.79. The van der Waals surface area contributed by atoms with Gasteiger partial charge in [-0.25, -0.2) is 0 Å². The third-order valence-electron chi connectivity index (χ3n) is 3.13. The highest BCUT2D eigenvalue weighted by Gasteiger charge is 2.42. The van der Waals surface area contributed by atoms with Gasteiger partial charge in [0.05, 0.1) is 6.10 Å². The zero-order valence-electron chi connectivity index (χ0n) is 10.6. The van der Waals surface area contributed by atoms with E-state index in [1.54, 1.807) is 0 Å². The number of nitrogens with zero attached hydrogens (tertiary/aromatic N) is 1. The van der Waals surface area contributed by atoms with E-state index < -0.39 is 24.5 Å². The Morgan fingerprint density at radius 3 is 2.74 bits per heavy atom. The van der Waals surface area contributed by atoms with Gasteiger partial charge >= 0.3 is 6.18 Å². The summed E-state index contributed by atoms with van der Waals surface area (Å²) < 4.78 is 43.3. The van der Waals surface area contributed by atoms with Crippen molar-refractivity contribution in [3.8, 4) is 0 Å². The van der Waals surface area contributed by atoms with Gasteiger partial charge in [-0.15, -0.1) is 0 Å². The minimum Gasteiger partial charge on any atom is -0.409 e. The number of ether oxygens (including phenoxy) is 1. The summed E-state index contributed by atoms with van der Waals surface area (Å²) in [6, 6.07) is 0. The van der Waals surface area contributed by atoms with E-state index in [0.717, 1.165) is 25.9 Å². The number of rotatable bonds is 6. The molecule has 0 aromatic heterocycles. The highest BCUT2D eigenvalue weighted by Crippen LogP contribution is 2.25. The topological polar surface area (TPSA) is 79.9 Å². The van der Waals surface area contributed by atoms with Crippen LogP contribution in [0.25, 0.3) is 0 Å². The maximum absolute atomic E-state index is 12.6. The van der Waals surface area contributed by atoms with Crippen molar-refractivity contribution in [2.75, 3.05) is 19.7 Å². The van der Waals surface area contributed by atoms with Crippen LogP contribution >= 0.6 is 0 Å². The predicted octanol–water partition coefficient (Wildman–Crippen LogP) is 1.46. The molecule has 1 saturated heterocycles. The molecule has 1 rings (SSSR count). The first-order chi connectivity index (χ1) is 8.95. The Morgan fingerprint density at radius 2 is 2.21 bits per heavy atom. The number of alkyl halides is 3. The summed E-state index contributed by atoms with van der Waals surface area (Å²) in [7, 11) is 0. The molecule has 2 unspecified atom stereocenters. The fourth-order valence-electron chi connectivity index (χ4n) is 2.00. The predicted molar refractivity (Wildman–Crippen MR) is 64.0 cm³/mol. The summed E-state index contributed by atoms with van der Waals surface area (Å²) in [6.45, 7) is 0.738. The van der Waals surface area contributed by atoms with Crippen molar-refractivity contribution in [3.05, 3.63) is 0 Å². The maximum Gasteiger partial charge on any atom is 0.400 e. The van der Waals surface area contributed by atoms with Gasteiger partial charge in [0.25, 0.3) is 0 Å². The van der Waals surface area contributed by atoms with Crippen molar-refractivity contribution < 1.29 is 23.1 Å². The zero-order chi connectivity index (χ0) is 14.3. The highest BCUT2D eigenvalue weighted by molar-refractivity contribution is 5.83. The molecule has 1 fully saturated rings. The second-order valence-corrected chi connectivity index (χ2v) is 4.60. The Hall–Kier alpha value is -1.02. The lowest BCUT2D eigenvalue weighted by Crippen LogP contribution is -2.43. The monoisotopic (exact) mass is 283 g/mol. The standard InChI is InChI=1S/C11H20F3N3O2/c12-11(13,14)9(10(15)17-18)7-16-5-4-8-3-1-2-6-19-8/h8-9,16,18H,1-7H2,(H2,15,17). The van der Waals surface area contributed by atoms with E-state index in [2.05, 4.69) is 10.5 Å². The normalized spacial score (nSPS) is 23.3. The summed E-state index contributed by atoms with van der Waals surface area (Å²) in [6.07, 6.45) is -0.644. The molecule has 1 aliphatic heterocycles.